The highest BCUT2D eigenvalue weighted by molar-refractivity contribution is 5.68. The van der Waals surface area contributed by atoms with Crippen LogP contribution in [0, 0.1) is 0 Å². The van der Waals surface area contributed by atoms with Crippen molar-refractivity contribution in [1.82, 2.24) is 0 Å². The van der Waals surface area contributed by atoms with Gasteiger partial charge in [0.05, 0.1) is 0 Å². The lowest BCUT2D eigenvalue weighted by Crippen LogP contribution is -2.40. The van der Waals surface area contributed by atoms with E-state index in [2.05, 4.69) is 0 Å². The molecule has 0 bridgehead atoms. The molecule has 0 atom stereocenters. The average Bonchev–Trinajstić information content (AvgIpc) is 2.39. The number of phenols is 1. The first-order valence-corrected chi connectivity index (χ1v) is 5.82. The van der Waals surface area contributed by atoms with E-state index in [1.165, 1.54) is 0 Å². The van der Waals surface area contributed by atoms with Crippen LogP contribution in [0.5, 0.6) is 5.75 Å². The Labute approximate surface area is 110 Å². The summed E-state index contributed by atoms with van der Waals surface area (Å²) in [7, 11) is 0. The van der Waals surface area contributed by atoms with E-state index < -0.39 is 5.97 Å². The van der Waals surface area contributed by atoms with Crippen LogP contribution in [0.25, 0.3) is 12.2 Å². The van der Waals surface area contributed by atoms with Crippen LogP contribution in [0.4, 0.5) is 0 Å². The third-order valence-corrected chi connectivity index (χ3v) is 2.62. The van der Waals surface area contributed by atoms with E-state index in [1.807, 2.05) is 24.3 Å². The van der Waals surface area contributed by atoms with Gasteiger partial charge in [0.25, 0.3) is 0 Å². The summed E-state index contributed by atoms with van der Waals surface area (Å²) in [5.41, 5.74) is 1.74. The molecule has 4 nitrogen and oxygen atoms in total. The summed E-state index contributed by atoms with van der Waals surface area (Å²) in [6.07, 6.45) is 5.44. The van der Waals surface area contributed by atoms with Crippen molar-refractivity contribution >= 4 is 18.1 Å². The molecular weight excluding hydrogens is 242 g/mol. The number of hydrogen-bond acceptors (Lipinski definition) is 2. The number of aromatic hydroxyl groups is 1. The molecule has 0 aliphatic heterocycles. The number of hydrogen-bond donors (Lipinski definition) is 2. The fraction of sp³-hybridized carbons (Fsp3) is 0.0667. The smallest absolute Gasteiger partial charge is 0.370 e. The molecule has 0 amide bonds. The van der Waals surface area contributed by atoms with E-state index in [9.17, 15) is 9.90 Å². The Bertz CT molecular complexity index is 603. The molecule has 1 heterocycles. The Morgan fingerprint density at radius 2 is 1.84 bits per heavy atom. The SMILES string of the molecule is O=C(O)C[n+]1ccccc1/C=C/c1ccc(O)cc1. The average molecular weight is 256 g/mol. The van der Waals surface area contributed by atoms with Crippen molar-refractivity contribution in [1.29, 1.82) is 0 Å². The number of aliphatic carboxylic acids is 1. The van der Waals surface area contributed by atoms with Gasteiger partial charge in [-0.25, -0.2) is 4.79 Å². The molecule has 1 aromatic heterocycles. The highest BCUT2D eigenvalue weighted by atomic mass is 16.4. The van der Waals surface area contributed by atoms with Gasteiger partial charge in [-0.1, -0.05) is 12.1 Å². The zero-order chi connectivity index (χ0) is 13.7. The first-order valence-electron chi connectivity index (χ1n) is 5.82. The first kappa shape index (κ1) is 12.8. The number of nitrogens with zero attached hydrogens (tertiary/aromatic N) is 1. The summed E-state index contributed by atoms with van der Waals surface area (Å²) in [5, 5.41) is 18.0. The Hall–Kier alpha value is -2.62. The summed E-state index contributed by atoms with van der Waals surface area (Å²) in [6.45, 7) is -0.0733. The van der Waals surface area contributed by atoms with Crippen LogP contribution in [0.3, 0.4) is 0 Å². The van der Waals surface area contributed by atoms with Crippen molar-refractivity contribution in [2.24, 2.45) is 0 Å². The first-order chi connectivity index (χ1) is 9.15. The Balaban J connectivity index is 2.22. The molecule has 4 heteroatoms. The van der Waals surface area contributed by atoms with E-state index in [1.54, 1.807) is 41.1 Å². The Kier molecular flexibility index (Phi) is 3.93. The number of carboxylic acid groups (broad SMARTS) is 1. The standard InChI is InChI=1S/C15H13NO3/c17-14-8-5-12(6-9-14)4-7-13-3-1-2-10-16(13)11-15(18)19/h1-10H,11H2,(H,18,19)/p+1. The number of rotatable bonds is 4. The molecule has 0 spiro atoms. The minimum Gasteiger partial charge on any atom is -0.508 e. The Morgan fingerprint density at radius 1 is 1.11 bits per heavy atom. The van der Waals surface area contributed by atoms with E-state index >= 15 is 0 Å². The number of aromatic nitrogens is 1. The number of carbonyl (C=O) groups is 1. The normalized spacial score (nSPS) is 10.7. The van der Waals surface area contributed by atoms with Gasteiger partial charge >= 0.3 is 5.97 Å². The van der Waals surface area contributed by atoms with E-state index in [0.717, 1.165) is 11.3 Å². The van der Waals surface area contributed by atoms with Crippen LogP contribution in [-0.2, 0) is 11.3 Å². The van der Waals surface area contributed by atoms with Crippen LogP contribution in [0.1, 0.15) is 11.3 Å². The lowest BCUT2D eigenvalue weighted by Gasteiger charge is -1.97. The molecule has 2 aromatic rings. The summed E-state index contributed by atoms with van der Waals surface area (Å²) < 4.78 is 1.65. The molecule has 1 aromatic carbocycles. The van der Waals surface area contributed by atoms with Crippen molar-refractivity contribution in [2.45, 2.75) is 6.54 Å². The van der Waals surface area contributed by atoms with Crippen molar-refractivity contribution in [3.05, 3.63) is 59.9 Å². The van der Waals surface area contributed by atoms with Gasteiger partial charge in [-0.2, -0.15) is 4.57 Å². The molecule has 19 heavy (non-hydrogen) atoms. The zero-order valence-corrected chi connectivity index (χ0v) is 10.2. The molecule has 2 rings (SSSR count). The minimum absolute atomic E-state index is 0.0733. The lowest BCUT2D eigenvalue weighted by molar-refractivity contribution is -0.687. The molecule has 0 aliphatic carbocycles. The van der Waals surface area contributed by atoms with Gasteiger partial charge in [0.15, 0.2) is 6.20 Å². The maximum atomic E-state index is 10.8. The zero-order valence-electron chi connectivity index (χ0n) is 10.2. The van der Waals surface area contributed by atoms with Gasteiger partial charge in [0, 0.05) is 18.2 Å². The van der Waals surface area contributed by atoms with Crippen molar-refractivity contribution in [2.75, 3.05) is 0 Å². The van der Waals surface area contributed by atoms with Gasteiger partial charge in [-0.15, -0.1) is 0 Å². The second-order valence-electron chi connectivity index (χ2n) is 4.07. The molecule has 0 saturated heterocycles. The molecule has 2 N–H and O–H groups in total. The predicted molar refractivity (Wildman–Crippen MR) is 71.3 cm³/mol. The molecule has 0 radical (unpaired) electrons. The van der Waals surface area contributed by atoms with Crippen molar-refractivity contribution in [3.63, 3.8) is 0 Å². The largest absolute Gasteiger partial charge is 0.508 e. The molecule has 0 fully saturated rings. The van der Waals surface area contributed by atoms with Gasteiger partial charge < -0.3 is 10.2 Å². The number of phenolic OH excluding ortho intramolecular Hbond substituents is 1. The molecule has 0 aliphatic rings. The van der Waals surface area contributed by atoms with E-state index in [4.69, 9.17) is 5.11 Å². The molecule has 0 saturated carbocycles. The van der Waals surface area contributed by atoms with Crippen LogP contribution in [0.2, 0.25) is 0 Å². The quantitative estimate of drug-likeness (QED) is 0.822. The third-order valence-electron chi connectivity index (χ3n) is 2.62. The number of carboxylic acids is 1. The fourth-order valence-electron chi connectivity index (χ4n) is 1.70. The van der Waals surface area contributed by atoms with Gasteiger partial charge in [-0.05, 0) is 29.8 Å². The van der Waals surface area contributed by atoms with Crippen LogP contribution >= 0.6 is 0 Å². The fourth-order valence-corrected chi connectivity index (χ4v) is 1.70. The lowest BCUT2D eigenvalue weighted by atomic mass is 10.2. The van der Waals surface area contributed by atoms with Crippen molar-refractivity contribution < 1.29 is 19.6 Å². The van der Waals surface area contributed by atoms with Crippen molar-refractivity contribution in [3.8, 4) is 5.75 Å². The predicted octanol–water partition coefficient (Wildman–Crippen LogP) is 1.93. The Morgan fingerprint density at radius 3 is 2.53 bits per heavy atom. The summed E-state index contributed by atoms with van der Waals surface area (Å²) in [4.78, 5) is 10.8. The van der Waals surface area contributed by atoms with Crippen LogP contribution in [0.15, 0.2) is 48.7 Å². The van der Waals surface area contributed by atoms with E-state index in [-0.39, 0.29) is 12.3 Å². The van der Waals surface area contributed by atoms with Crippen LogP contribution < -0.4 is 4.57 Å². The number of benzene rings is 1. The van der Waals surface area contributed by atoms with Crippen LogP contribution in [-0.4, -0.2) is 16.2 Å². The van der Waals surface area contributed by atoms with E-state index in [0.29, 0.717) is 0 Å². The molecule has 96 valence electrons. The topological polar surface area (TPSA) is 61.4 Å². The van der Waals surface area contributed by atoms with Gasteiger partial charge in [0.2, 0.25) is 12.2 Å². The maximum absolute atomic E-state index is 10.8. The second-order valence-corrected chi connectivity index (χ2v) is 4.07. The summed E-state index contributed by atoms with van der Waals surface area (Å²) >= 11 is 0. The second kappa shape index (κ2) is 5.82. The number of pyridine rings is 1. The maximum Gasteiger partial charge on any atom is 0.370 e. The monoisotopic (exact) mass is 256 g/mol. The molecular formula is C15H14NO3+. The highest BCUT2D eigenvalue weighted by Gasteiger charge is 2.10. The minimum atomic E-state index is -0.879. The van der Waals surface area contributed by atoms with Gasteiger partial charge in [0.1, 0.15) is 5.75 Å². The van der Waals surface area contributed by atoms with Gasteiger partial charge in [-0.3, -0.25) is 0 Å². The summed E-state index contributed by atoms with van der Waals surface area (Å²) in [6, 6.07) is 12.3. The molecule has 0 unspecified atom stereocenters. The highest BCUT2D eigenvalue weighted by Crippen LogP contribution is 2.11. The summed E-state index contributed by atoms with van der Waals surface area (Å²) in [5.74, 6) is -0.659. The third kappa shape index (κ3) is 3.67.